The van der Waals surface area contributed by atoms with E-state index in [0.717, 1.165) is 6.07 Å². The molecule has 3 N–H and O–H groups in total. The van der Waals surface area contributed by atoms with Gasteiger partial charge in [-0.05, 0) is 18.2 Å². The summed E-state index contributed by atoms with van der Waals surface area (Å²) in [7, 11) is 1.53. The summed E-state index contributed by atoms with van der Waals surface area (Å²) in [4.78, 5) is 7.61. The molecule has 1 heterocycles. The Labute approximate surface area is 152 Å². The Kier molecular flexibility index (Phi) is 6.51. The van der Waals surface area contributed by atoms with E-state index in [9.17, 15) is 13.2 Å². The van der Waals surface area contributed by atoms with Crippen LogP contribution in [0.1, 0.15) is 5.56 Å². The lowest BCUT2D eigenvalue weighted by Crippen LogP contribution is -2.24. The normalized spacial score (nSPS) is 12.0. The molecular formula is C16H16ClF3N4O2. The minimum atomic E-state index is -4.52. The number of nitrogens with two attached hydrogens (primary N) is 1. The van der Waals surface area contributed by atoms with Crippen LogP contribution >= 0.6 is 11.6 Å². The number of rotatable bonds is 6. The van der Waals surface area contributed by atoms with E-state index in [1.807, 2.05) is 6.07 Å². The molecule has 6 nitrogen and oxygen atoms in total. The average Bonchev–Trinajstić information content (AvgIpc) is 2.59. The van der Waals surface area contributed by atoms with Gasteiger partial charge >= 0.3 is 6.18 Å². The van der Waals surface area contributed by atoms with Crippen molar-refractivity contribution in [3.8, 4) is 11.6 Å². The molecule has 1 aromatic heterocycles. The molecule has 0 unspecified atom stereocenters. The van der Waals surface area contributed by atoms with Crippen molar-refractivity contribution in [2.24, 2.45) is 10.7 Å². The van der Waals surface area contributed by atoms with Gasteiger partial charge in [-0.25, -0.2) is 9.98 Å². The van der Waals surface area contributed by atoms with Gasteiger partial charge in [-0.1, -0.05) is 23.7 Å². The molecular weight excluding hydrogens is 373 g/mol. The number of aromatic nitrogens is 1. The molecule has 2 rings (SSSR count). The molecule has 0 saturated heterocycles. The predicted octanol–water partition coefficient (Wildman–Crippen LogP) is 3.57. The highest BCUT2D eigenvalue weighted by molar-refractivity contribution is 6.31. The summed E-state index contributed by atoms with van der Waals surface area (Å²) in [5.41, 5.74) is 5.46. The van der Waals surface area contributed by atoms with Gasteiger partial charge in [0.1, 0.15) is 17.4 Å². The minimum absolute atomic E-state index is 0.0341. The fourth-order valence-electron chi connectivity index (χ4n) is 1.92. The van der Waals surface area contributed by atoms with Crippen LogP contribution in [0.4, 0.5) is 18.9 Å². The third kappa shape index (κ3) is 5.41. The van der Waals surface area contributed by atoms with Crippen LogP contribution in [0.2, 0.25) is 5.02 Å². The number of hydrogen-bond acceptors (Lipinski definition) is 4. The third-order valence-electron chi connectivity index (χ3n) is 3.12. The van der Waals surface area contributed by atoms with Crippen LogP contribution in [0, 0.1) is 0 Å². The fourth-order valence-corrected chi connectivity index (χ4v) is 2.14. The maximum absolute atomic E-state index is 12.5. The molecule has 26 heavy (non-hydrogen) atoms. The molecule has 10 heteroatoms. The van der Waals surface area contributed by atoms with E-state index in [4.69, 9.17) is 26.8 Å². The largest absolute Gasteiger partial charge is 0.495 e. The molecule has 1 aromatic carbocycles. The van der Waals surface area contributed by atoms with Crippen LogP contribution in [-0.2, 0) is 6.18 Å². The van der Waals surface area contributed by atoms with E-state index in [1.165, 1.54) is 7.11 Å². The van der Waals surface area contributed by atoms with Crippen molar-refractivity contribution in [1.29, 1.82) is 0 Å². The number of para-hydroxylation sites is 2. The number of halogens is 4. The number of ether oxygens (including phenoxy) is 2. The van der Waals surface area contributed by atoms with Crippen LogP contribution in [0.15, 0.2) is 41.5 Å². The zero-order chi connectivity index (χ0) is 19.2. The van der Waals surface area contributed by atoms with Gasteiger partial charge in [0, 0.05) is 6.20 Å². The monoisotopic (exact) mass is 388 g/mol. The second-order valence-corrected chi connectivity index (χ2v) is 5.36. The molecule has 0 aliphatic heterocycles. The molecule has 0 bridgehead atoms. The van der Waals surface area contributed by atoms with Crippen molar-refractivity contribution in [2.75, 3.05) is 25.6 Å². The predicted molar refractivity (Wildman–Crippen MR) is 92.9 cm³/mol. The molecule has 0 aliphatic carbocycles. The summed E-state index contributed by atoms with van der Waals surface area (Å²) in [6, 6.07) is 7.90. The average molecular weight is 389 g/mol. The number of nitrogens with zero attached hydrogens (tertiary/aromatic N) is 2. The van der Waals surface area contributed by atoms with Crippen LogP contribution in [0.3, 0.4) is 0 Å². The Morgan fingerprint density at radius 2 is 2.08 bits per heavy atom. The third-order valence-corrected chi connectivity index (χ3v) is 3.39. The summed E-state index contributed by atoms with van der Waals surface area (Å²) in [5, 5.41) is 2.64. The van der Waals surface area contributed by atoms with E-state index >= 15 is 0 Å². The maximum Gasteiger partial charge on any atom is 0.417 e. The number of alkyl halides is 3. The van der Waals surface area contributed by atoms with Gasteiger partial charge in [-0.2, -0.15) is 13.2 Å². The number of benzene rings is 1. The van der Waals surface area contributed by atoms with Crippen LogP contribution < -0.4 is 20.5 Å². The quantitative estimate of drug-likeness (QED) is 0.449. The second kappa shape index (κ2) is 8.61. The first-order valence-electron chi connectivity index (χ1n) is 7.36. The lowest BCUT2D eigenvalue weighted by atomic mass is 10.3. The van der Waals surface area contributed by atoms with E-state index in [2.05, 4.69) is 15.3 Å². The highest BCUT2D eigenvalue weighted by Crippen LogP contribution is 2.33. The Morgan fingerprint density at radius 3 is 2.73 bits per heavy atom. The number of hydrogen-bond donors (Lipinski definition) is 2. The minimum Gasteiger partial charge on any atom is -0.495 e. The van der Waals surface area contributed by atoms with Gasteiger partial charge in [-0.15, -0.1) is 0 Å². The number of guanidine groups is 1. The number of anilines is 1. The number of pyridine rings is 1. The van der Waals surface area contributed by atoms with Crippen LogP contribution in [0.5, 0.6) is 11.6 Å². The van der Waals surface area contributed by atoms with Crippen molar-refractivity contribution in [3.05, 3.63) is 47.1 Å². The van der Waals surface area contributed by atoms with Gasteiger partial charge in [-0.3, -0.25) is 0 Å². The molecule has 2 aromatic rings. The fraction of sp³-hybridized carbons (Fsp3) is 0.250. The van der Waals surface area contributed by atoms with E-state index in [1.54, 1.807) is 18.2 Å². The van der Waals surface area contributed by atoms with E-state index in [0.29, 0.717) is 17.6 Å². The molecule has 0 saturated carbocycles. The molecule has 0 spiro atoms. The number of aliphatic imine (C=N–C) groups is 1. The Morgan fingerprint density at radius 1 is 1.35 bits per heavy atom. The second-order valence-electron chi connectivity index (χ2n) is 4.95. The lowest BCUT2D eigenvalue weighted by Gasteiger charge is -2.11. The van der Waals surface area contributed by atoms with Crippen molar-refractivity contribution in [1.82, 2.24) is 4.98 Å². The van der Waals surface area contributed by atoms with Crippen LogP contribution in [-0.4, -0.2) is 31.2 Å². The molecule has 0 radical (unpaired) electrons. The summed E-state index contributed by atoms with van der Waals surface area (Å²) in [6.45, 7) is 0.180. The van der Waals surface area contributed by atoms with E-state index in [-0.39, 0.29) is 30.0 Å². The molecule has 0 amide bonds. The van der Waals surface area contributed by atoms with Crippen LogP contribution in [0.25, 0.3) is 0 Å². The summed E-state index contributed by atoms with van der Waals surface area (Å²) >= 11 is 5.74. The summed E-state index contributed by atoms with van der Waals surface area (Å²) < 4.78 is 48.0. The van der Waals surface area contributed by atoms with Gasteiger partial charge in [0.25, 0.3) is 0 Å². The van der Waals surface area contributed by atoms with Crippen molar-refractivity contribution in [2.45, 2.75) is 6.18 Å². The Hall–Kier alpha value is -2.68. The smallest absolute Gasteiger partial charge is 0.417 e. The van der Waals surface area contributed by atoms with E-state index < -0.39 is 11.7 Å². The first-order valence-corrected chi connectivity index (χ1v) is 7.74. The summed E-state index contributed by atoms with van der Waals surface area (Å²) in [6.07, 6.45) is -3.86. The van der Waals surface area contributed by atoms with Crippen molar-refractivity contribution in [3.63, 3.8) is 0 Å². The maximum atomic E-state index is 12.5. The Balaban J connectivity index is 1.88. The van der Waals surface area contributed by atoms with Crippen molar-refractivity contribution < 1.29 is 22.6 Å². The molecule has 0 aliphatic rings. The van der Waals surface area contributed by atoms with Gasteiger partial charge in [0.15, 0.2) is 5.96 Å². The summed E-state index contributed by atoms with van der Waals surface area (Å²) in [5.74, 6) is 0.623. The first kappa shape index (κ1) is 19.6. The molecule has 140 valence electrons. The topological polar surface area (TPSA) is 81.8 Å². The number of methoxy groups -OCH3 is 1. The highest BCUT2D eigenvalue weighted by atomic mass is 35.5. The SMILES string of the molecule is COc1ccccc1NC(N)=NCCOc1ncc(C(F)(F)F)cc1Cl. The highest BCUT2D eigenvalue weighted by Gasteiger charge is 2.31. The zero-order valence-corrected chi connectivity index (χ0v) is 14.4. The number of nitrogens with one attached hydrogen (secondary N) is 1. The lowest BCUT2D eigenvalue weighted by molar-refractivity contribution is -0.137. The van der Waals surface area contributed by atoms with Gasteiger partial charge in [0.2, 0.25) is 5.88 Å². The molecule has 0 fully saturated rings. The van der Waals surface area contributed by atoms with Crippen molar-refractivity contribution >= 4 is 23.2 Å². The standard InChI is InChI=1S/C16H16ClF3N4O2/c1-25-13-5-3-2-4-12(13)24-15(21)22-6-7-26-14-11(17)8-10(9-23-14)16(18,19)20/h2-5,8-9H,6-7H2,1H3,(H3,21,22,24). The zero-order valence-electron chi connectivity index (χ0n) is 13.7. The van der Waals surface area contributed by atoms with Gasteiger partial charge < -0.3 is 20.5 Å². The first-order chi connectivity index (χ1) is 12.3. The Bertz CT molecular complexity index is 784. The molecule has 0 atom stereocenters. The van der Waals surface area contributed by atoms with Gasteiger partial charge in [0.05, 0.1) is 24.9 Å².